The maximum absolute atomic E-state index is 12.6. The molecule has 0 radical (unpaired) electrons. The second-order valence-corrected chi connectivity index (χ2v) is 7.24. The number of carbonyl (C=O) groups is 1. The van der Waals surface area contributed by atoms with Gasteiger partial charge in [-0.1, -0.05) is 6.07 Å². The van der Waals surface area contributed by atoms with Crippen molar-refractivity contribution in [3.63, 3.8) is 0 Å². The molecule has 24 heavy (non-hydrogen) atoms. The van der Waals surface area contributed by atoms with E-state index in [1.54, 1.807) is 0 Å². The van der Waals surface area contributed by atoms with E-state index >= 15 is 0 Å². The van der Waals surface area contributed by atoms with E-state index in [9.17, 15) is 4.79 Å². The van der Waals surface area contributed by atoms with Crippen molar-refractivity contribution in [2.24, 2.45) is 5.41 Å². The zero-order chi connectivity index (χ0) is 16.6. The van der Waals surface area contributed by atoms with Gasteiger partial charge in [0.15, 0.2) is 0 Å². The number of hydrogen-bond acceptors (Lipinski definition) is 3. The first kappa shape index (κ1) is 15.4. The Kier molecular flexibility index (Phi) is 3.92. The number of pyridine rings is 1. The number of likely N-dealkylation sites (tertiary alicyclic amines) is 1. The Balaban J connectivity index is 1.39. The first-order valence-corrected chi connectivity index (χ1v) is 8.82. The minimum atomic E-state index is 0.0368. The summed E-state index contributed by atoms with van der Waals surface area (Å²) >= 11 is 0. The van der Waals surface area contributed by atoms with E-state index in [1.807, 2.05) is 23.2 Å². The van der Waals surface area contributed by atoms with Crippen LogP contribution in [0.2, 0.25) is 0 Å². The molecule has 2 fully saturated rings. The standard InChI is InChI=1S/C18H25N5O/c1-14-4-2-5-16-21-15(11-23(14)16)10-20-17(24)22-9-3-6-18(13-22)7-8-19-12-18/h2,4-5,11,19H,3,6-10,12-13H2,1H3,(H,20,24)/t18-/m1/s1. The van der Waals surface area contributed by atoms with E-state index in [2.05, 4.69) is 33.0 Å². The molecule has 4 rings (SSSR count). The molecule has 1 atom stereocenters. The van der Waals surface area contributed by atoms with Crippen molar-refractivity contribution in [3.05, 3.63) is 35.8 Å². The van der Waals surface area contributed by atoms with Crippen LogP contribution < -0.4 is 10.6 Å². The largest absolute Gasteiger partial charge is 0.332 e. The molecule has 2 aromatic rings. The van der Waals surface area contributed by atoms with Crippen molar-refractivity contribution < 1.29 is 4.79 Å². The van der Waals surface area contributed by atoms with Crippen molar-refractivity contribution in [2.75, 3.05) is 26.2 Å². The maximum atomic E-state index is 12.6. The van der Waals surface area contributed by atoms with Crippen LogP contribution in [-0.4, -0.2) is 46.5 Å². The molecule has 0 aromatic carbocycles. The second-order valence-electron chi connectivity index (χ2n) is 7.24. The van der Waals surface area contributed by atoms with Gasteiger partial charge in [0.2, 0.25) is 0 Å². The van der Waals surface area contributed by atoms with Crippen LogP contribution in [0.3, 0.4) is 0 Å². The van der Waals surface area contributed by atoms with Crippen molar-refractivity contribution >= 4 is 11.7 Å². The Labute approximate surface area is 142 Å². The number of imidazole rings is 1. The number of nitrogens with one attached hydrogen (secondary N) is 2. The molecule has 6 nitrogen and oxygen atoms in total. The Morgan fingerprint density at radius 2 is 2.33 bits per heavy atom. The Morgan fingerprint density at radius 3 is 3.12 bits per heavy atom. The lowest BCUT2D eigenvalue weighted by Gasteiger charge is -2.39. The molecule has 6 heteroatoms. The van der Waals surface area contributed by atoms with E-state index in [0.717, 1.165) is 49.6 Å². The summed E-state index contributed by atoms with van der Waals surface area (Å²) in [5.74, 6) is 0. The molecule has 0 unspecified atom stereocenters. The molecule has 2 aliphatic heterocycles. The van der Waals surface area contributed by atoms with Crippen molar-refractivity contribution in [2.45, 2.75) is 32.7 Å². The minimum absolute atomic E-state index is 0.0368. The van der Waals surface area contributed by atoms with Crippen LogP contribution in [0.4, 0.5) is 4.79 Å². The fraction of sp³-hybridized carbons (Fsp3) is 0.556. The Morgan fingerprint density at radius 1 is 1.42 bits per heavy atom. The zero-order valence-corrected chi connectivity index (χ0v) is 14.2. The summed E-state index contributed by atoms with van der Waals surface area (Å²) in [5.41, 5.74) is 3.26. The third kappa shape index (κ3) is 2.86. The molecule has 2 N–H and O–H groups in total. The Bertz CT molecular complexity index is 747. The number of urea groups is 1. The average molecular weight is 327 g/mol. The van der Waals surface area contributed by atoms with Crippen LogP contribution in [0.25, 0.3) is 5.65 Å². The topological polar surface area (TPSA) is 61.7 Å². The highest BCUT2D eigenvalue weighted by molar-refractivity contribution is 5.74. The number of rotatable bonds is 2. The number of nitrogens with zero attached hydrogens (tertiary/aromatic N) is 3. The summed E-state index contributed by atoms with van der Waals surface area (Å²) in [6.07, 6.45) is 5.52. The number of amides is 2. The molecule has 4 heterocycles. The highest BCUT2D eigenvalue weighted by Gasteiger charge is 2.39. The van der Waals surface area contributed by atoms with E-state index in [0.29, 0.717) is 12.0 Å². The van der Waals surface area contributed by atoms with Gasteiger partial charge in [0.1, 0.15) is 5.65 Å². The predicted molar refractivity (Wildman–Crippen MR) is 92.9 cm³/mol. The smallest absolute Gasteiger partial charge is 0.317 e. The van der Waals surface area contributed by atoms with Gasteiger partial charge in [0.05, 0.1) is 12.2 Å². The number of hydrogen-bond donors (Lipinski definition) is 2. The number of aromatic nitrogens is 2. The van der Waals surface area contributed by atoms with Gasteiger partial charge in [0, 0.05) is 36.9 Å². The zero-order valence-electron chi connectivity index (χ0n) is 14.2. The van der Waals surface area contributed by atoms with Crippen LogP contribution in [0.5, 0.6) is 0 Å². The van der Waals surface area contributed by atoms with Gasteiger partial charge in [-0.2, -0.15) is 0 Å². The molecule has 1 spiro atoms. The quantitative estimate of drug-likeness (QED) is 0.886. The number of fused-ring (bicyclic) bond motifs is 1. The third-order valence-corrected chi connectivity index (χ3v) is 5.45. The van der Waals surface area contributed by atoms with Gasteiger partial charge in [-0.25, -0.2) is 9.78 Å². The summed E-state index contributed by atoms with van der Waals surface area (Å²) in [6, 6.07) is 6.08. The fourth-order valence-corrected chi connectivity index (χ4v) is 4.09. The van der Waals surface area contributed by atoms with Gasteiger partial charge < -0.3 is 19.9 Å². The summed E-state index contributed by atoms with van der Waals surface area (Å²) < 4.78 is 2.06. The summed E-state index contributed by atoms with van der Waals surface area (Å²) in [7, 11) is 0. The Hall–Kier alpha value is -2.08. The van der Waals surface area contributed by atoms with Crippen molar-refractivity contribution in [1.29, 1.82) is 0 Å². The maximum Gasteiger partial charge on any atom is 0.317 e. The van der Waals surface area contributed by atoms with Crippen molar-refractivity contribution in [3.8, 4) is 0 Å². The average Bonchev–Trinajstić information content (AvgIpc) is 3.20. The lowest BCUT2D eigenvalue weighted by Crippen LogP contribution is -2.50. The number of aryl methyl sites for hydroxylation is 1. The van der Waals surface area contributed by atoms with Crippen molar-refractivity contribution in [1.82, 2.24) is 24.9 Å². The molecule has 2 aliphatic rings. The molecule has 2 saturated heterocycles. The third-order valence-electron chi connectivity index (χ3n) is 5.45. The first-order valence-electron chi connectivity index (χ1n) is 8.82. The van der Waals surface area contributed by atoms with E-state index < -0.39 is 0 Å². The number of carbonyl (C=O) groups excluding carboxylic acids is 1. The highest BCUT2D eigenvalue weighted by Crippen LogP contribution is 2.35. The summed E-state index contributed by atoms with van der Waals surface area (Å²) in [6.45, 7) is 6.38. The minimum Gasteiger partial charge on any atom is -0.332 e. The van der Waals surface area contributed by atoms with Crippen LogP contribution in [0.1, 0.15) is 30.7 Å². The van der Waals surface area contributed by atoms with Crippen LogP contribution in [-0.2, 0) is 6.54 Å². The summed E-state index contributed by atoms with van der Waals surface area (Å²) in [4.78, 5) is 19.1. The normalized spacial score (nSPS) is 24.0. The molecule has 0 aliphatic carbocycles. The predicted octanol–water partition coefficient (Wildman–Crippen LogP) is 1.93. The molecule has 128 valence electrons. The van der Waals surface area contributed by atoms with E-state index in [-0.39, 0.29) is 6.03 Å². The van der Waals surface area contributed by atoms with Crippen LogP contribution in [0, 0.1) is 12.3 Å². The summed E-state index contributed by atoms with van der Waals surface area (Å²) in [5, 5.41) is 6.50. The number of piperidine rings is 1. The fourth-order valence-electron chi connectivity index (χ4n) is 4.09. The second kappa shape index (κ2) is 6.09. The van der Waals surface area contributed by atoms with Crippen LogP contribution >= 0.6 is 0 Å². The molecule has 0 bridgehead atoms. The van der Waals surface area contributed by atoms with E-state index in [4.69, 9.17) is 0 Å². The first-order chi connectivity index (χ1) is 11.7. The van der Waals surface area contributed by atoms with E-state index in [1.165, 1.54) is 12.8 Å². The SMILES string of the molecule is Cc1cccc2nc(CNC(=O)N3CCC[C@]4(CCNC4)C3)cn12. The highest BCUT2D eigenvalue weighted by atomic mass is 16.2. The lowest BCUT2D eigenvalue weighted by molar-refractivity contribution is 0.118. The molecule has 0 saturated carbocycles. The van der Waals surface area contributed by atoms with Crippen LogP contribution in [0.15, 0.2) is 24.4 Å². The van der Waals surface area contributed by atoms with Gasteiger partial charge >= 0.3 is 6.03 Å². The molecular weight excluding hydrogens is 302 g/mol. The van der Waals surface area contributed by atoms with Gasteiger partial charge in [0.25, 0.3) is 0 Å². The monoisotopic (exact) mass is 327 g/mol. The van der Waals surface area contributed by atoms with Gasteiger partial charge in [-0.3, -0.25) is 0 Å². The van der Waals surface area contributed by atoms with Gasteiger partial charge in [-0.05, 0) is 44.9 Å². The van der Waals surface area contributed by atoms with Gasteiger partial charge in [-0.15, -0.1) is 0 Å². The molecule has 2 aromatic heterocycles. The lowest BCUT2D eigenvalue weighted by atomic mass is 9.79. The molecular formula is C18H25N5O. The molecule has 2 amide bonds.